The average Bonchev–Trinajstić information content (AvgIpc) is 3.38. The quantitative estimate of drug-likeness (QED) is 0.153. The second kappa shape index (κ2) is 14.2. The molecular weight excluding hydrogens is 697 g/mol. The Morgan fingerprint density at radius 1 is 1.02 bits per heavy atom. The topological polar surface area (TPSA) is 79.4 Å². The molecular formula is C31H36F9N3O5S. The summed E-state index contributed by atoms with van der Waals surface area (Å²) in [5, 5.41) is 0. The lowest BCUT2D eigenvalue weighted by Gasteiger charge is -2.42. The molecule has 18 heteroatoms. The molecule has 2 aliphatic heterocycles. The van der Waals surface area contributed by atoms with Crippen molar-refractivity contribution < 1.29 is 61.6 Å². The van der Waals surface area contributed by atoms with Crippen LogP contribution in [0.3, 0.4) is 0 Å². The summed E-state index contributed by atoms with van der Waals surface area (Å²) >= 11 is 0. The largest absolute Gasteiger partial charge is 0.534 e. The molecule has 2 aromatic rings. The minimum absolute atomic E-state index is 0.00313. The van der Waals surface area contributed by atoms with Gasteiger partial charge in [0.15, 0.2) is 0 Å². The highest BCUT2D eigenvalue weighted by Crippen LogP contribution is 2.44. The molecule has 1 amide bonds. The van der Waals surface area contributed by atoms with E-state index in [0.717, 1.165) is 40.1 Å². The number of hydrogen-bond acceptors (Lipinski definition) is 7. The first-order valence-electron chi connectivity index (χ1n) is 15.3. The molecule has 0 radical (unpaired) electrons. The van der Waals surface area contributed by atoms with Crippen molar-refractivity contribution in [3.8, 4) is 5.75 Å². The van der Waals surface area contributed by atoms with Crippen LogP contribution in [0.4, 0.5) is 50.0 Å². The van der Waals surface area contributed by atoms with Crippen molar-refractivity contribution in [1.29, 1.82) is 0 Å². The van der Waals surface area contributed by atoms with Crippen LogP contribution in [-0.2, 0) is 21.3 Å². The maximum absolute atomic E-state index is 16.2. The summed E-state index contributed by atoms with van der Waals surface area (Å²) in [7, 11) is -6.09. The van der Waals surface area contributed by atoms with Gasteiger partial charge in [0.2, 0.25) is 0 Å². The van der Waals surface area contributed by atoms with Crippen LogP contribution in [0.25, 0.3) is 0 Å². The monoisotopic (exact) mass is 733 g/mol. The van der Waals surface area contributed by atoms with Crippen molar-refractivity contribution in [2.45, 2.75) is 82.4 Å². The molecule has 1 fully saturated rings. The molecule has 8 nitrogen and oxygen atoms in total. The van der Waals surface area contributed by atoms with Gasteiger partial charge in [-0.2, -0.15) is 34.8 Å². The van der Waals surface area contributed by atoms with Crippen molar-refractivity contribution in [3.05, 3.63) is 58.7 Å². The second-order valence-corrected chi connectivity index (χ2v) is 14.6. The summed E-state index contributed by atoms with van der Waals surface area (Å²) in [4.78, 5) is 17.1. The van der Waals surface area contributed by atoms with E-state index in [4.69, 9.17) is 4.74 Å². The first-order valence-corrected chi connectivity index (χ1v) is 16.7. The first-order chi connectivity index (χ1) is 22.5. The van der Waals surface area contributed by atoms with Crippen LogP contribution in [0.5, 0.6) is 5.75 Å². The Labute approximate surface area is 277 Å². The number of anilines is 1. The third-order valence-corrected chi connectivity index (χ3v) is 9.08. The minimum Gasteiger partial charge on any atom is -0.443 e. The lowest BCUT2D eigenvalue weighted by Crippen LogP contribution is -2.48. The van der Waals surface area contributed by atoms with Crippen LogP contribution < -0.4 is 9.08 Å². The number of fused-ring (bicyclic) bond motifs is 1. The molecule has 3 atom stereocenters. The fraction of sp³-hybridized carbons (Fsp3) is 0.581. The fourth-order valence-corrected chi connectivity index (χ4v) is 6.60. The Balaban J connectivity index is 1.81. The lowest BCUT2D eigenvalue weighted by atomic mass is 9.84. The number of ether oxygens (including phenoxy) is 1. The predicted molar refractivity (Wildman–Crippen MR) is 160 cm³/mol. The van der Waals surface area contributed by atoms with Gasteiger partial charge in [0.25, 0.3) is 0 Å². The zero-order chi connectivity index (χ0) is 36.7. The van der Waals surface area contributed by atoms with Crippen molar-refractivity contribution in [2.75, 3.05) is 37.8 Å². The van der Waals surface area contributed by atoms with Crippen LogP contribution >= 0.6 is 0 Å². The highest BCUT2D eigenvalue weighted by Gasteiger charge is 2.49. The van der Waals surface area contributed by atoms with Gasteiger partial charge in [-0.3, -0.25) is 14.2 Å². The Hall–Kier alpha value is -3.25. The number of halogens is 9. The van der Waals surface area contributed by atoms with Gasteiger partial charge >= 0.3 is 27.9 Å². The van der Waals surface area contributed by atoms with Crippen molar-refractivity contribution >= 4 is 21.9 Å². The van der Waals surface area contributed by atoms with Gasteiger partial charge in [-0.1, -0.05) is 6.07 Å². The fourth-order valence-electron chi connectivity index (χ4n) is 6.15. The molecule has 274 valence electrons. The van der Waals surface area contributed by atoms with Gasteiger partial charge in [0.1, 0.15) is 23.0 Å². The molecule has 0 aromatic heterocycles. The molecule has 2 unspecified atom stereocenters. The van der Waals surface area contributed by atoms with E-state index < -0.39 is 87.8 Å². The van der Waals surface area contributed by atoms with Gasteiger partial charge in [-0.15, -0.1) is 0 Å². The van der Waals surface area contributed by atoms with Crippen molar-refractivity contribution in [2.24, 2.45) is 0 Å². The van der Waals surface area contributed by atoms with Gasteiger partial charge in [-0.05, 0) is 82.3 Å². The smallest absolute Gasteiger partial charge is 0.443 e. The lowest BCUT2D eigenvalue weighted by molar-refractivity contribution is -0.155. The molecule has 2 aromatic carbocycles. The van der Waals surface area contributed by atoms with Crippen LogP contribution in [0.15, 0.2) is 30.3 Å². The summed E-state index contributed by atoms with van der Waals surface area (Å²) in [5.74, 6) is -3.45. The average molecular weight is 734 g/mol. The number of benzene rings is 2. The molecule has 0 N–H and O–H groups in total. The number of amides is 1. The zero-order valence-corrected chi connectivity index (χ0v) is 27.8. The van der Waals surface area contributed by atoms with Gasteiger partial charge < -0.3 is 13.8 Å². The Morgan fingerprint density at radius 2 is 1.65 bits per heavy atom. The molecule has 2 heterocycles. The van der Waals surface area contributed by atoms with E-state index in [1.54, 1.807) is 20.8 Å². The summed E-state index contributed by atoms with van der Waals surface area (Å²) in [6.45, 7) is 4.93. The normalized spacial score (nSPS) is 21.0. The molecule has 0 bridgehead atoms. The number of likely N-dealkylation sites (tertiary alicyclic amines) is 1. The molecule has 0 saturated carbocycles. The third-order valence-electron chi connectivity index (χ3n) is 8.10. The Bertz CT molecular complexity index is 1610. The first kappa shape index (κ1) is 38.6. The van der Waals surface area contributed by atoms with Crippen LogP contribution in [-0.4, -0.2) is 86.5 Å². The Kier molecular flexibility index (Phi) is 11.1. The summed E-state index contributed by atoms with van der Waals surface area (Å²) in [6, 6.07) is 0.647. The van der Waals surface area contributed by atoms with Crippen LogP contribution in [0, 0.1) is 11.6 Å². The van der Waals surface area contributed by atoms with E-state index in [1.165, 1.54) is 6.92 Å². The summed E-state index contributed by atoms with van der Waals surface area (Å²) in [5.41, 5.74) is -8.03. The van der Waals surface area contributed by atoms with E-state index in [0.29, 0.717) is 19.5 Å². The maximum atomic E-state index is 16.2. The van der Waals surface area contributed by atoms with E-state index >= 15 is 8.78 Å². The predicted octanol–water partition coefficient (Wildman–Crippen LogP) is 7.27. The van der Waals surface area contributed by atoms with Crippen LogP contribution in [0.1, 0.15) is 63.3 Å². The number of carbonyl (C=O) groups excluding carboxylic acids is 1. The summed E-state index contributed by atoms with van der Waals surface area (Å²) < 4.78 is 158. The van der Waals surface area contributed by atoms with E-state index in [1.807, 2.05) is 4.90 Å². The number of rotatable bonds is 9. The second-order valence-electron chi connectivity index (χ2n) is 13.0. The van der Waals surface area contributed by atoms with E-state index in [9.17, 15) is 43.9 Å². The maximum Gasteiger partial charge on any atom is 0.534 e. The van der Waals surface area contributed by atoms with Crippen molar-refractivity contribution in [1.82, 2.24) is 9.80 Å². The molecule has 49 heavy (non-hydrogen) atoms. The number of hydrogen-bond donors (Lipinski definition) is 0. The number of alkyl halides is 7. The van der Waals surface area contributed by atoms with Crippen LogP contribution in [0.2, 0.25) is 0 Å². The Morgan fingerprint density at radius 3 is 2.20 bits per heavy atom. The van der Waals surface area contributed by atoms with Gasteiger partial charge in [0, 0.05) is 31.2 Å². The molecule has 4 rings (SSSR count). The summed E-state index contributed by atoms with van der Waals surface area (Å²) in [6.07, 6.45) is -5.46. The van der Waals surface area contributed by atoms with Gasteiger partial charge in [0.05, 0.1) is 31.0 Å². The molecule has 2 aliphatic rings. The van der Waals surface area contributed by atoms with E-state index in [2.05, 4.69) is 4.18 Å². The molecule has 0 spiro atoms. The van der Waals surface area contributed by atoms with E-state index in [-0.39, 0.29) is 36.2 Å². The SMILES string of the molecule is C[C@@H]1Cc2cc(OS(=O)(=O)C(F)(F)F)ccc2C(c2c(F)cc(N(C(=O)OC(C)(C)C)C3CCN(CCCF)C3)cc2F)N1CC(F)(F)F. The highest BCUT2D eigenvalue weighted by molar-refractivity contribution is 7.88. The van der Waals surface area contributed by atoms with Gasteiger partial charge in [-0.25, -0.2) is 13.6 Å². The van der Waals surface area contributed by atoms with Crippen molar-refractivity contribution in [3.63, 3.8) is 0 Å². The minimum atomic E-state index is -6.09. The molecule has 0 aliphatic carbocycles. The molecule has 1 saturated heterocycles. The number of nitrogens with zero attached hydrogens (tertiary/aromatic N) is 3. The standard InChI is InChI=1S/C31H36F9N3O5S/c1-18-12-19-13-22(48-49(45,46)31(38,39)40)6-7-23(19)27(42(18)17-30(35,36)37)26-24(33)14-21(15-25(26)34)43(28(44)47-29(2,3)4)20-8-11-41(16-20)10-5-9-32/h6-7,13-15,18,20,27H,5,8-12,16-17H2,1-4H3/t18-,20?,27?/m1/s1. The zero-order valence-electron chi connectivity index (χ0n) is 27.0. The number of carbonyl (C=O) groups is 1. The highest BCUT2D eigenvalue weighted by atomic mass is 32.2. The third kappa shape index (κ3) is 9.11.